The first-order valence-electron chi connectivity index (χ1n) is 14.8. The third kappa shape index (κ3) is 4.37. The average molecular weight is 527 g/mol. The molecule has 0 fully saturated rings. The second kappa shape index (κ2) is 9.28. The van der Waals surface area contributed by atoms with Gasteiger partial charge < -0.3 is 0 Å². The second-order valence-corrected chi connectivity index (χ2v) is 15.1. The lowest BCUT2D eigenvalue weighted by atomic mass is 9.42. The highest BCUT2D eigenvalue weighted by molar-refractivity contribution is 6.23. The molecular formula is C37H50O2. The number of benzene rings is 1. The first-order chi connectivity index (χ1) is 17.8. The predicted molar refractivity (Wildman–Crippen MR) is 166 cm³/mol. The zero-order chi connectivity index (χ0) is 29.5. The second-order valence-electron chi connectivity index (χ2n) is 15.1. The lowest BCUT2D eigenvalue weighted by Crippen LogP contribution is -2.56. The molecule has 2 heteroatoms. The molecule has 3 atom stereocenters. The molecule has 2 nitrogen and oxygen atoms in total. The minimum Gasteiger partial charge on any atom is -0.294 e. The van der Waals surface area contributed by atoms with Crippen LogP contribution in [0.5, 0.6) is 0 Å². The Balaban J connectivity index is 1.94. The molecule has 0 amide bonds. The van der Waals surface area contributed by atoms with Crippen LogP contribution in [0.1, 0.15) is 123 Å². The standard InChI is InChI=1S/C37H50O2/c1-21(2)28-17-27(15-14-16-34(8,9)10)23(4)31-24(5)32-25(6)37(13)33(39)30(26(7)38)22(3)18-36(37,12)20-35(32,11)19-29(28)31/h17H,1,5,14-16,18-20H2,2-4,6-13H3/t35-,36+,37+/m0/s1. The number of rotatable bonds is 5. The molecule has 0 bridgehead atoms. The summed E-state index contributed by atoms with van der Waals surface area (Å²) in [6.45, 7) is 32.9. The van der Waals surface area contributed by atoms with Crippen LogP contribution in [0.3, 0.4) is 0 Å². The van der Waals surface area contributed by atoms with Crippen molar-refractivity contribution in [3.05, 3.63) is 69.3 Å². The summed E-state index contributed by atoms with van der Waals surface area (Å²) in [6.07, 6.45) is 5.94. The predicted octanol–water partition coefficient (Wildman–Crippen LogP) is 9.58. The van der Waals surface area contributed by atoms with Crippen LogP contribution < -0.4 is 0 Å². The van der Waals surface area contributed by atoms with Crippen LogP contribution in [-0.2, 0) is 22.4 Å². The number of allylic oxidation sites excluding steroid dienone is 6. The van der Waals surface area contributed by atoms with Crippen molar-refractivity contribution in [1.82, 2.24) is 0 Å². The van der Waals surface area contributed by atoms with Gasteiger partial charge in [-0.3, -0.25) is 9.59 Å². The van der Waals surface area contributed by atoms with Crippen LogP contribution in [0.4, 0.5) is 0 Å². The molecule has 39 heavy (non-hydrogen) atoms. The quantitative estimate of drug-likeness (QED) is 0.358. The van der Waals surface area contributed by atoms with Crippen molar-refractivity contribution < 1.29 is 9.59 Å². The van der Waals surface area contributed by atoms with E-state index < -0.39 is 5.41 Å². The van der Waals surface area contributed by atoms with Gasteiger partial charge in [-0.15, -0.1) is 0 Å². The van der Waals surface area contributed by atoms with E-state index in [4.69, 9.17) is 6.58 Å². The maximum Gasteiger partial charge on any atom is 0.176 e. The van der Waals surface area contributed by atoms with E-state index in [1.807, 2.05) is 6.92 Å². The van der Waals surface area contributed by atoms with Gasteiger partial charge in [0.2, 0.25) is 0 Å². The Hall–Kier alpha value is -2.48. The first kappa shape index (κ1) is 29.5. The zero-order valence-corrected chi connectivity index (χ0v) is 26.6. The van der Waals surface area contributed by atoms with Crippen molar-refractivity contribution in [2.45, 2.75) is 115 Å². The lowest BCUT2D eigenvalue weighted by Gasteiger charge is -2.60. The Bertz CT molecular complexity index is 1390. The van der Waals surface area contributed by atoms with E-state index in [1.165, 1.54) is 46.7 Å². The van der Waals surface area contributed by atoms with Crippen molar-refractivity contribution in [3.63, 3.8) is 0 Å². The van der Waals surface area contributed by atoms with Gasteiger partial charge in [-0.2, -0.15) is 0 Å². The molecule has 3 aliphatic carbocycles. The van der Waals surface area contributed by atoms with E-state index >= 15 is 0 Å². The fourth-order valence-electron chi connectivity index (χ4n) is 8.73. The van der Waals surface area contributed by atoms with Crippen molar-refractivity contribution in [2.24, 2.45) is 21.7 Å². The molecule has 1 aromatic carbocycles. The Morgan fingerprint density at radius 1 is 1.05 bits per heavy atom. The molecule has 210 valence electrons. The van der Waals surface area contributed by atoms with Gasteiger partial charge in [-0.1, -0.05) is 70.6 Å². The molecule has 4 rings (SSSR count). The Kier molecular flexibility index (Phi) is 7.02. The SMILES string of the molecule is C=C(C)c1cc(CCCC(C)(C)C)c(C)c2c1C[C@@]1(C)C[C@@]3(C)CC(C)=C(C(C)=O)C(=O)[C@@]3(C)C(C)=C1C2=C. The maximum absolute atomic E-state index is 14.2. The number of hydrogen-bond donors (Lipinski definition) is 0. The normalized spacial score (nSPS) is 28.8. The van der Waals surface area contributed by atoms with E-state index in [1.54, 1.807) is 0 Å². The van der Waals surface area contributed by atoms with Crippen molar-refractivity contribution in [1.29, 1.82) is 0 Å². The fraction of sp³-hybridized carbons (Fsp3) is 0.568. The maximum atomic E-state index is 14.2. The molecule has 0 saturated heterocycles. The largest absolute Gasteiger partial charge is 0.294 e. The van der Waals surface area contributed by atoms with Gasteiger partial charge in [0.25, 0.3) is 0 Å². The Morgan fingerprint density at radius 3 is 2.21 bits per heavy atom. The van der Waals surface area contributed by atoms with Crippen LogP contribution >= 0.6 is 0 Å². The van der Waals surface area contributed by atoms with Crippen LogP contribution in [-0.4, -0.2) is 11.6 Å². The number of hydrogen-bond acceptors (Lipinski definition) is 2. The molecule has 0 N–H and O–H groups in total. The number of carbonyl (C=O) groups is 2. The Morgan fingerprint density at radius 2 is 1.67 bits per heavy atom. The molecule has 0 unspecified atom stereocenters. The number of ketones is 2. The van der Waals surface area contributed by atoms with Crippen LogP contribution in [0, 0.1) is 28.6 Å². The van der Waals surface area contributed by atoms with Gasteiger partial charge in [-0.25, -0.2) is 0 Å². The smallest absolute Gasteiger partial charge is 0.176 e. The zero-order valence-electron chi connectivity index (χ0n) is 26.6. The van der Waals surface area contributed by atoms with Gasteiger partial charge in [0.1, 0.15) is 0 Å². The summed E-state index contributed by atoms with van der Waals surface area (Å²) in [5, 5.41) is 0. The molecule has 0 saturated carbocycles. The molecule has 0 heterocycles. The van der Waals surface area contributed by atoms with Gasteiger partial charge in [0, 0.05) is 0 Å². The molecule has 3 aliphatic rings. The Labute approximate surface area is 237 Å². The summed E-state index contributed by atoms with van der Waals surface area (Å²) in [5.74, 6) is -0.108. The first-order valence-corrected chi connectivity index (χ1v) is 14.8. The minimum absolute atomic E-state index is 0.00201. The molecule has 0 aliphatic heterocycles. The lowest BCUT2D eigenvalue weighted by molar-refractivity contribution is -0.134. The minimum atomic E-state index is -0.724. The highest BCUT2D eigenvalue weighted by Crippen LogP contribution is 2.68. The molecular weight excluding hydrogens is 476 g/mol. The summed E-state index contributed by atoms with van der Waals surface area (Å²) in [7, 11) is 0. The third-order valence-electron chi connectivity index (χ3n) is 10.6. The van der Waals surface area contributed by atoms with E-state index in [9.17, 15) is 9.59 Å². The topological polar surface area (TPSA) is 34.1 Å². The summed E-state index contributed by atoms with van der Waals surface area (Å²) in [4.78, 5) is 26.8. The van der Waals surface area contributed by atoms with Gasteiger partial charge in [-0.05, 0) is 135 Å². The monoisotopic (exact) mass is 526 g/mol. The summed E-state index contributed by atoms with van der Waals surface area (Å²) in [6, 6.07) is 2.40. The summed E-state index contributed by atoms with van der Waals surface area (Å²) < 4.78 is 0. The van der Waals surface area contributed by atoms with Crippen LogP contribution in [0.25, 0.3) is 11.1 Å². The number of carbonyl (C=O) groups excluding carboxylic acids is 2. The van der Waals surface area contributed by atoms with Gasteiger partial charge in [0.15, 0.2) is 11.6 Å². The van der Waals surface area contributed by atoms with E-state index in [-0.39, 0.29) is 22.4 Å². The van der Waals surface area contributed by atoms with E-state index in [0.29, 0.717) is 11.0 Å². The van der Waals surface area contributed by atoms with Crippen molar-refractivity contribution >= 4 is 22.7 Å². The highest BCUT2D eigenvalue weighted by atomic mass is 16.1. The van der Waals surface area contributed by atoms with Crippen molar-refractivity contribution in [2.75, 3.05) is 0 Å². The number of fused-ring (bicyclic) bond motifs is 3. The van der Waals surface area contributed by atoms with Crippen LogP contribution in [0.15, 0.2) is 41.5 Å². The number of Topliss-reactive ketones (excluding diaryl/α,β-unsaturated/α-hetero) is 2. The van der Waals surface area contributed by atoms with E-state index in [2.05, 4.69) is 75.0 Å². The molecule has 1 aromatic rings. The summed E-state index contributed by atoms with van der Waals surface area (Å²) >= 11 is 0. The number of aryl methyl sites for hydroxylation is 1. The highest BCUT2D eigenvalue weighted by Gasteiger charge is 2.62. The molecule has 0 radical (unpaired) electrons. The third-order valence-corrected chi connectivity index (χ3v) is 10.6. The molecule has 0 spiro atoms. The van der Waals surface area contributed by atoms with Crippen LogP contribution in [0.2, 0.25) is 0 Å². The van der Waals surface area contributed by atoms with Gasteiger partial charge in [0.05, 0.1) is 11.0 Å². The van der Waals surface area contributed by atoms with Crippen molar-refractivity contribution in [3.8, 4) is 0 Å². The summed E-state index contributed by atoms with van der Waals surface area (Å²) in [5.41, 5.74) is 11.7. The van der Waals surface area contributed by atoms with Gasteiger partial charge >= 0.3 is 0 Å². The average Bonchev–Trinajstić information content (AvgIpc) is 2.76. The fourth-order valence-corrected chi connectivity index (χ4v) is 8.73. The molecule has 0 aromatic heterocycles. The van der Waals surface area contributed by atoms with E-state index in [0.717, 1.165) is 54.4 Å².